The molecule has 9 aromatic rings. The normalized spacial score (nSPS) is 11.7. The largest absolute Gasteiger partial charge is 0.456 e. The number of benzene rings is 8. The van der Waals surface area contributed by atoms with Gasteiger partial charge in [0.15, 0.2) is 0 Å². The van der Waals surface area contributed by atoms with Crippen molar-refractivity contribution in [2.24, 2.45) is 0 Å². The van der Waals surface area contributed by atoms with Crippen molar-refractivity contribution in [1.29, 1.82) is 0 Å². The fraction of sp³-hybridized carbons (Fsp3) is 0. The predicted molar refractivity (Wildman–Crippen MR) is 183 cm³/mol. The zero-order chi connectivity index (χ0) is 28.3. The highest BCUT2D eigenvalue weighted by atomic mass is 16.3. The van der Waals surface area contributed by atoms with Gasteiger partial charge < -0.3 is 4.42 Å². The number of hydrogen-bond acceptors (Lipinski definition) is 1. The van der Waals surface area contributed by atoms with Gasteiger partial charge >= 0.3 is 0 Å². The van der Waals surface area contributed by atoms with Gasteiger partial charge in [0.25, 0.3) is 0 Å². The van der Waals surface area contributed by atoms with Crippen LogP contribution in [0.4, 0.5) is 0 Å². The molecule has 0 spiro atoms. The number of rotatable bonds is 3. The van der Waals surface area contributed by atoms with Crippen molar-refractivity contribution in [3.05, 3.63) is 158 Å². The van der Waals surface area contributed by atoms with Crippen LogP contribution in [0, 0.1) is 0 Å². The first kappa shape index (κ1) is 24.0. The molecule has 0 fully saturated rings. The van der Waals surface area contributed by atoms with Gasteiger partial charge in [-0.1, -0.05) is 133 Å². The summed E-state index contributed by atoms with van der Waals surface area (Å²) >= 11 is 0. The van der Waals surface area contributed by atoms with Crippen LogP contribution in [0.25, 0.3) is 87.6 Å². The lowest BCUT2D eigenvalue weighted by Crippen LogP contribution is -1.91. The maximum atomic E-state index is 6.37. The predicted octanol–water partition coefficient (Wildman–Crippen LogP) is 12.0. The Labute approximate surface area is 249 Å². The Kier molecular flexibility index (Phi) is 5.27. The van der Waals surface area contributed by atoms with Crippen LogP contribution in [0.3, 0.4) is 0 Å². The van der Waals surface area contributed by atoms with E-state index in [1.807, 2.05) is 0 Å². The molecule has 0 amide bonds. The fourth-order valence-corrected chi connectivity index (χ4v) is 6.92. The molecule has 0 saturated heterocycles. The van der Waals surface area contributed by atoms with E-state index in [9.17, 15) is 0 Å². The molecule has 200 valence electrons. The SMILES string of the molecule is c1ccc(-c2ccc3c(-c4ccc5oc6ccc7ccccc7c6c5c4)c4ccccc4c(-c4ccccc4)c3c2)cc1. The van der Waals surface area contributed by atoms with Gasteiger partial charge in [-0.3, -0.25) is 0 Å². The van der Waals surface area contributed by atoms with E-state index in [0.717, 1.165) is 16.6 Å². The molecule has 1 heteroatoms. The Morgan fingerprint density at radius 3 is 1.63 bits per heavy atom. The summed E-state index contributed by atoms with van der Waals surface area (Å²) in [5.41, 5.74) is 9.21. The van der Waals surface area contributed by atoms with Crippen molar-refractivity contribution in [2.75, 3.05) is 0 Å². The summed E-state index contributed by atoms with van der Waals surface area (Å²) < 4.78 is 6.37. The average Bonchev–Trinajstić information content (AvgIpc) is 3.46. The third-order valence-electron chi connectivity index (χ3n) is 8.84. The van der Waals surface area contributed by atoms with Crippen LogP contribution in [0.1, 0.15) is 0 Å². The first-order valence-corrected chi connectivity index (χ1v) is 14.8. The Morgan fingerprint density at radius 2 is 0.860 bits per heavy atom. The van der Waals surface area contributed by atoms with Crippen LogP contribution in [0.5, 0.6) is 0 Å². The van der Waals surface area contributed by atoms with Crippen molar-refractivity contribution in [3.8, 4) is 33.4 Å². The van der Waals surface area contributed by atoms with Crippen molar-refractivity contribution in [1.82, 2.24) is 0 Å². The Bertz CT molecular complexity index is 2480. The fourth-order valence-electron chi connectivity index (χ4n) is 6.92. The first-order valence-electron chi connectivity index (χ1n) is 14.8. The van der Waals surface area contributed by atoms with E-state index in [1.54, 1.807) is 0 Å². The summed E-state index contributed by atoms with van der Waals surface area (Å²) in [5.74, 6) is 0. The minimum Gasteiger partial charge on any atom is -0.456 e. The molecule has 0 bridgehead atoms. The zero-order valence-corrected chi connectivity index (χ0v) is 23.4. The number of fused-ring (bicyclic) bond motifs is 7. The van der Waals surface area contributed by atoms with Crippen LogP contribution in [0.15, 0.2) is 162 Å². The molecule has 9 rings (SSSR count). The lowest BCUT2D eigenvalue weighted by molar-refractivity contribution is 0.669. The molecule has 0 saturated carbocycles. The highest BCUT2D eigenvalue weighted by Gasteiger charge is 2.19. The van der Waals surface area contributed by atoms with Crippen molar-refractivity contribution < 1.29 is 4.42 Å². The van der Waals surface area contributed by atoms with Crippen molar-refractivity contribution in [3.63, 3.8) is 0 Å². The van der Waals surface area contributed by atoms with Crippen LogP contribution >= 0.6 is 0 Å². The van der Waals surface area contributed by atoms with Crippen LogP contribution < -0.4 is 0 Å². The lowest BCUT2D eigenvalue weighted by atomic mass is 9.84. The molecular weight excluding hydrogens is 520 g/mol. The highest BCUT2D eigenvalue weighted by molar-refractivity contribution is 6.24. The van der Waals surface area contributed by atoms with Crippen LogP contribution in [-0.4, -0.2) is 0 Å². The van der Waals surface area contributed by atoms with Gasteiger partial charge in [0.05, 0.1) is 0 Å². The van der Waals surface area contributed by atoms with Gasteiger partial charge in [0.2, 0.25) is 0 Å². The molecule has 0 N–H and O–H groups in total. The molecule has 0 radical (unpaired) electrons. The van der Waals surface area contributed by atoms with Gasteiger partial charge in [-0.2, -0.15) is 0 Å². The van der Waals surface area contributed by atoms with Crippen molar-refractivity contribution >= 4 is 54.3 Å². The molecular formula is C42H26O. The average molecular weight is 547 g/mol. The summed E-state index contributed by atoms with van der Waals surface area (Å²) in [6.45, 7) is 0. The lowest BCUT2D eigenvalue weighted by Gasteiger charge is -2.19. The number of furan rings is 1. The maximum Gasteiger partial charge on any atom is 0.136 e. The summed E-state index contributed by atoms with van der Waals surface area (Å²) in [6, 6.07) is 56.8. The van der Waals surface area contributed by atoms with Gasteiger partial charge in [-0.15, -0.1) is 0 Å². The second kappa shape index (κ2) is 9.44. The van der Waals surface area contributed by atoms with Gasteiger partial charge in [0.1, 0.15) is 11.2 Å². The number of hydrogen-bond donors (Lipinski definition) is 0. The molecule has 0 aliphatic rings. The molecule has 0 atom stereocenters. The standard InChI is InChI=1S/C42H26O/c1-3-11-27(12-4-1)30-19-22-35-36(25-30)40(29-14-5-2-6-15-29)33-17-9-10-18-34(33)41(35)31-21-23-38-37(26-31)42-32-16-8-7-13-28(32)20-24-39(42)43-38/h1-26H. The van der Waals surface area contributed by atoms with E-state index in [0.29, 0.717) is 0 Å². The summed E-state index contributed by atoms with van der Waals surface area (Å²) in [4.78, 5) is 0. The van der Waals surface area contributed by atoms with Gasteiger partial charge in [-0.25, -0.2) is 0 Å². The minimum absolute atomic E-state index is 0.913. The molecule has 0 aliphatic carbocycles. The summed E-state index contributed by atoms with van der Waals surface area (Å²) in [5, 5.41) is 9.77. The third-order valence-corrected chi connectivity index (χ3v) is 8.84. The quantitative estimate of drug-likeness (QED) is 0.201. The molecule has 43 heavy (non-hydrogen) atoms. The van der Waals surface area contributed by atoms with Gasteiger partial charge in [-0.05, 0) is 90.0 Å². The van der Waals surface area contributed by atoms with Crippen molar-refractivity contribution in [2.45, 2.75) is 0 Å². The van der Waals surface area contributed by atoms with Gasteiger partial charge in [0, 0.05) is 10.8 Å². The highest BCUT2D eigenvalue weighted by Crippen LogP contribution is 2.46. The summed E-state index contributed by atoms with van der Waals surface area (Å²) in [6.07, 6.45) is 0. The molecule has 1 heterocycles. The third kappa shape index (κ3) is 3.72. The van der Waals surface area contributed by atoms with Crippen LogP contribution in [0.2, 0.25) is 0 Å². The Hall–Kier alpha value is -5.66. The molecule has 1 aromatic heterocycles. The van der Waals surface area contributed by atoms with E-state index in [4.69, 9.17) is 4.42 Å². The smallest absolute Gasteiger partial charge is 0.136 e. The van der Waals surface area contributed by atoms with E-state index < -0.39 is 0 Å². The molecule has 8 aromatic carbocycles. The molecule has 0 unspecified atom stereocenters. The molecule has 0 aliphatic heterocycles. The maximum absolute atomic E-state index is 6.37. The van der Waals surface area contributed by atoms with Crippen LogP contribution in [-0.2, 0) is 0 Å². The second-order valence-electron chi connectivity index (χ2n) is 11.3. The Balaban J connectivity index is 1.41. The zero-order valence-electron chi connectivity index (χ0n) is 23.4. The van der Waals surface area contributed by atoms with E-state index in [-0.39, 0.29) is 0 Å². The molecule has 1 nitrogen and oxygen atoms in total. The van der Waals surface area contributed by atoms with E-state index >= 15 is 0 Å². The minimum atomic E-state index is 0.913. The summed E-state index contributed by atoms with van der Waals surface area (Å²) in [7, 11) is 0. The first-order chi connectivity index (χ1) is 21.3. The Morgan fingerprint density at radius 1 is 0.302 bits per heavy atom. The van der Waals surface area contributed by atoms with E-state index in [2.05, 4.69) is 158 Å². The van der Waals surface area contributed by atoms with E-state index in [1.165, 1.54) is 71.1 Å². The topological polar surface area (TPSA) is 13.1 Å². The monoisotopic (exact) mass is 546 g/mol. The second-order valence-corrected chi connectivity index (χ2v) is 11.3.